The van der Waals surface area contributed by atoms with Crippen molar-refractivity contribution in [2.45, 2.75) is 38.3 Å². The molecule has 1 saturated heterocycles. The smallest absolute Gasteiger partial charge is 0.326 e. The number of aromatic nitrogens is 2. The molecule has 0 unspecified atom stereocenters. The highest BCUT2D eigenvalue weighted by Crippen LogP contribution is 2.36. The van der Waals surface area contributed by atoms with Crippen LogP contribution in [-0.4, -0.2) is 56.7 Å². The van der Waals surface area contributed by atoms with Gasteiger partial charge in [-0.3, -0.25) is 14.3 Å². The van der Waals surface area contributed by atoms with Crippen LogP contribution in [0.15, 0.2) is 42.6 Å². The molecule has 3 aromatic heterocycles. The summed E-state index contributed by atoms with van der Waals surface area (Å²) in [5, 5.41) is 13.7. The van der Waals surface area contributed by atoms with Gasteiger partial charge in [0.1, 0.15) is 11.5 Å². The minimum atomic E-state index is -0.455. The van der Waals surface area contributed by atoms with E-state index in [1.807, 2.05) is 31.2 Å². The fourth-order valence-corrected chi connectivity index (χ4v) is 5.47. The van der Waals surface area contributed by atoms with E-state index in [1.165, 1.54) is 11.3 Å². The maximum atomic E-state index is 12.9. The molecule has 1 saturated carbocycles. The van der Waals surface area contributed by atoms with Crippen molar-refractivity contribution in [2.75, 3.05) is 13.1 Å². The van der Waals surface area contributed by atoms with E-state index in [1.54, 1.807) is 27.8 Å². The molecule has 1 atom stereocenters. The maximum absolute atomic E-state index is 12.9. The predicted octanol–water partition coefficient (Wildman–Crippen LogP) is 4.28. The Labute approximate surface area is 199 Å². The number of β-amino-alcohol motifs (C(OH)–C–C–N with tert-alkyl or cyclic N) is 1. The third-order valence-electron chi connectivity index (χ3n) is 6.33. The molecule has 4 heterocycles. The Kier molecular flexibility index (Phi) is 5.04. The second kappa shape index (κ2) is 8.11. The number of aliphatic hydroxyl groups excluding tert-OH is 1. The summed E-state index contributed by atoms with van der Waals surface area (Å²) in [5.41, 5.74) is 2.40. The van der Waals surface area contributed by atoms with E-state index in [0.29, 0.717) is 47.4 Å². The Bertz CT molecular complexity index is 1440. The van der Waals surface area contributed by atoms with Gasteiger partial charge in [-0.1, -0.05) is 0 Å². The molecule has 0 bridgehead atoms. The van der Waals surface area contributed by atoms with Gasteiger partial charge < -0.3 is 20.1 Å². The van der Waals surface area contributed by atoms with Gasteiger partial charge in [0, 0.05) is 42.5 Å². The number of fused-ring (bicyclic) bond motifs is 2. The van der Waals surface area contributed by atoms with Crippen LogP contribution in [0.3, 0.4) is 0 Å². The lowest BCUT2D eigenvalue weighted by Gasteiger charge is -2.13. The first-order valence-electron chi connectivity index (χ1n) is 11.4. The summed E-state index contributed by atoms with van der Waals surface area (Å²) in [4.78, 5) is 32.2. The molecule has 2 fully saturated rings. The second-order valence-corrected chi connectivity index (χ2v) is 10.0. The number of hydrogen-bond acceptors (Lipinski definition) is 6. The van der Waals surface area contributed by atoms with Crippen molar-refractivity contribution in [3.8, 4) is 11.5 Å². The summed E-state index contributed by atoms with van der Waals surface area (Å²) in [6.45, 7) is 2.84. The SMILES string of the molecule is Cc1cc2cc(Oc3ccnc4cc(C(=O)N5CC[C@@H](O)C5)sc34)ccc2n1C(=O)NC1CC1. The Hall–Kier alpha value is -3.43. The Morgan fingerprint density at radius 1 is 1.18 bits per heavy atom. The number of aryl methyl sites for hydroxylation is 1. The lowest BCUT2D eigenvalue weighted by molar-refractivity contribution is 0.0769. The van der Waals surface area contributed by atoms with Crippen LogP contribution in [0.4, 0.5) is 4.79 Å². The van der Waals surface area contributed by atoms with Gasteiger partial charge in [0.15, 0.2) is 0 Å². The van der Waals surface area contributed by atoms with E-state index in [2.05, 4.69) is 10.3 Å². The lowest BCUT2D eigenvalue weighted by Crippen LogP contribution is -2.30. The third-order valence-corrected chi connectivity index (χ3v) is 7.46. The number of nitrogens with one attached hydrogen (secondary N) is 1. The largest absolute Gasteiger partial charge is 0.456 e. The monoisotopic (exact) mass is 476 g/mol. The molecule has 0 radical (unpaired) electrons. The zero-order chi connectivity index (χ0) is 23.4. The van der Waals surface area contributed by atoms with Gasteiger partial charge in [-0.15, -0.1) is 11.3 Å². The number of carbonyl (C=O) groups is 2. The van der Waals surface area contributed by atoms with Crippen molar-refractivity contribution in [3.05, 3.63) is 53.2 Å². The fourth-order valence-electron chi connectivity index (χ4n) is 4.44. The normalized spacial score (nSPS) is 18.1. The first-order chi connectivity index (χ1) is 16.5. The van der Waals surface area contributed by atoms with Gasteiger partial charge in [-0.2, -0.15) is 0 Å². The summed E-state index contributed by atoms with van der Waals surface area (Å²) in [5.74, 6) is 1.18. The molecule has 2 N–H and O–H groups in total. The van der Waals surface area contributed by atoms with E-state index in [-0.39, 0.29) is 11.9 Å². The van der Waals surface area contributed by atoms with Crippen LogP contribution in [0, 0.1) is 6.92 Å². The van der Waals surface area contributed by atoms with Gasteiger partial charge in [0.25, 0.3) is 5.91 Å². The van der Waals surface area contributed by atoms with Crippen molar-refractivity contribution < 1.29 is 19.4 Å². The van der Waals surface area contributed by atoms with Gasteiger partial charge >= 0.3 is 6.03 Å². The number of ether oxygens (including phenoxy) is 1. The summed E-state index contributed by atoms with van der Waals surface area (Å²) in [6.07, 6.45) is 3.90. The molecule has 9 heteroatoms. The highest BCUT2D eigenvalue weighted by molar-refractivity contribution is 7.21. The van der Waals surface area contributed by atoms with Gasteiger partial charge in [-0.05, 0) is 56.5 Å². The first kappa shape index (κ1) is 21.1. The Morgan fingerprint density at radius 3 is 2.79 bits per heavy atom. The average Bonchev–Trinajstić information content (AvgIpc) is 3.20. The fraction of sp³-hybridized carbons (Fsp3) is 0.320. The number of rotatable bonds is 4. The van der Waals surface area contributed by atoms with Crippen molar-refractivity contribution in [1.29, 1.82) is 0 Å². The summed E-state index contributed by atoms with van der Waals surface area (Å²) in [7, 11) is 0. The van der Waals surface area contributed by atoms with E-state index >= 15 is 0 Å². The van der Waals surface area contributed by atoms with Crippen LogP contribution in [0.1, 0.15) is 34.6 Å². The molecule has 0 spiro atoms. The molecule has 4 aromatic rings. The zero-order valence-corrected chi connectivity index (χ0v) is 19.5. The molecular formula is C25H24N4O4S. The van der Waals surface area contributed by atoms with Crippen molar-refractivity contribution in [2.24, 2.45) is 0 Å². The van der Waals surface area contributed by atoms with Crippen LogP contribution in [0.5, 0.6) is 11.5 Å². The van der Waals surface area contributed by atoms with E-state index in [4.69, 9.17) is 4.74 Å². The predicted molar refractivity (Wildman–Crippen MR) is 130 cm³/mol. The molecule has 1 aliphatic heterocycles. The number of pyridine rings is 1. The summed E-state index contributed by atoms with van der Waals surface area (Å²) < 4.78 is 8.71. The molecule has 2 amide bonds. The molecule has 1 aromatic carbocycles. The Morgan fingerprint density at radius 2 is 2.03 bits per heavy atom. The highest BCUT2D eigenvalue weighted by Gasteiger charge is 2.27. The average molecular weight is 477 g/mol. The highest BCUT2D eigenvalue weighted by atomic mass is 32.1. The number of thiophene rings is 1. The topological polar surface area (TPSA) is 96.7 Å². The number of aliphatic hydroxyl groups is 1. The van der Waals surface area contributed by atoms with Gasteiger partial charge in [0.2, 0.25) is 0 Å². The summed E-state index contributed by atoms with van der Waals surface area (Å²) in [6, 6.07) is 11.4. The third kappa shape index (κ3) is 3.80. The van der Waals surface area contributed by atoms with Crippen LogP contribution in [0.25, 0.3) is 21.1 Å². The van der Waals surface area contributed by atoms with Gasteiger partial charge in [-0.25, -0.2) is 4.79 Å². The second-order valence-electron chi connectivity index (χ2n) is 9.00. The van der Waals surface area contributed by atoms with E-state index < -0.39 is 6.10 Å². The van der Waals surface area contributed by atoms with Crippen molar-refractivity contribution in [3.63, 3.8) is 0 Å². The van der Waals surface area contributed by atoms with Gasteiger partial charge in [0.05, 0.1) is 26.7 Å². The lowest BCUT2D eigenvalue weighted by atomic mass is 10.2. The zero-order valence-electron chi connectivity index (χ0n) is 18.7. The molecule has 6 rings (SSSR count). The van der Waals surface area contributed by atoms with Crippen molar-refractivity contribution in [1.82, 2.24) is 19.8 Å². The maximum Gasteiger partial charge on any atom is 0.326 e. The molecule has 174 valence electrons. The number of nitrogens with zero attached hydrogens (tertiary/aromatic N) is 3. The van der Waals surface area contributed by atoms with Crippen molar-refractivity contribution >= 4 is 44.4 Å². The minimum absolute atomic E-state index is 0.0896. The molecule has 34 heavy (non-hydrogen) atoms. The van der Waals surface area contributed by atoms with E-state index in [0.717, 1.165) is 34.1 Å². The molecule has 1 aliphatic carbocycles. The summed E-state index contributed by atoms with van der Waals surface area (Å²) >= 11 is 1.35. The molecule has 8 nitrogen and oxygen atoms in total. The Balaban J connectivity index is 1.28. The molecular weight excluding hydrogens is 452 g/mol. The number of carbonyl (C=O) groups excluding carboxylic acids is 2. The number of benzene rings is 1. The minimum Gasteiger partial charge on any atom is -0.456 e. The standard InChI is InChI=1S/C25H24N4O4S/c1-14-10-15-11-18(4-5-20(15)29(14)25(32)27-16-2-3-16)33-21-6-8-26-19-12-22(34-23(19)21)24(31)28-9-7-17(30)13-28/h4-6,8,10-12,16-17,30H,2-3,7,9,13H2,1H3,(H,27,32)/t17-/m1/s1. The number of likely N-dealkylation sites (tertiary alicyclic amines) is 1. The van der Waals surface area contributed by atoms with Crippen LogP contribution in [0.2, 0.25) is 0 Å². The molecule has 2 aliphatic rings. The number of amides is 2. The van der Waals surface area contributed by atoms with E-state index in [9.17, 15) is 14.7 Å². The van der Waals surface area contributed by atoms with Crippen LogP contribution < -0.4 is 10.1 Å². The quantitative estimate of drug-likeness (QED) is 0.458. The van der Waals surface area contributed by atoms with Crippen LogP contribution >= 0.6 is 11.3 Å². The van der Waals surface area contributed by atoms with Crippen LogP contribution in [-0.2, 0) is 0 Å². The first-order valence-corrected chi connectivity index (χ1v) is 12.2. The number of hydrogen-bond donors (Lipinski definition) is 2.